The van der Waals surface area contributed by atoms with E-state index in [1.54, 1.807) is 6.33 Å². The zero-order valence-electron chi connectivity index (χ0n) is 11.1. The van der Waals surface area contributed by atoms with E-state index >= 15 is 0 Å². The van der Waals surface area contributed by atoms with Gasteiger partial charge in [0.2, 0.25) is 0 Å². The Balaban J connectivity index is 1.85. The molecular formula is C13H23N5. The molecule has 0 radical (unpaired) electrons. The molecule has 1 fully saturated rings. The van der Waals surface area contributed by atoms with Crippen LogP contribution in [0.3, 0.4) is 0 Å². The van der Waals surface area contributed by atoms with Gasteiger partial charge in [0.05, 0.1) is 0 Å². The van der Waals surface area contributed by atoms with Crippen LogP contribution in [0.1, 0.15) is 32.6 Å². The summed E-state index contributed by atoms with van der Waals surface area (Å²) >= 11 is 0. The Kier molecular flexibility index (Phi) is 5.20. The molecule has 1 atom stereocenters. The molecule has 18 heavy (non-hydrogen) atoms. The van der Waals surface area contributed by atoms with Gasteiger partial charge in [0, 0.05) is 25.2 Å². The molecule has 2 heterocycles. The van der Waals surface area contributed by atoms with Crippen molar-refractivity contribution in [1.29, 1.82) is 0 Å². The van der Waals surface area contributed by atoms with Crippen molar-refractivity contribution in [3.63, 3.8) is 0 Å². The van der Waals surface area contributed by atoms with Crippen LogP contribution in [0.15, 0.2) is 12.4 Å². The summed E-state index contributed by atoms with van der Waals surface area (Å²) in [7, 11) is 0. The highest BCUT2D eigenvalue weighted by Crippen LogP contribution is 2.12. The summed E-state index contributed by atoms with van der Waals surface area (Å²) in [6.45, 7) is 5.30. The minimum atomic E-state index is 0.483. The average Bonchev–Trinajstić information content (AvgIpc) is 2.41. The third kappa shape index (κ3) is 4.14. The largest absolute Gasteiger partial charge is 0.370 e. The molecule has 1 aromatic rings. The number of anilines is 2. The molecule has 0 aromatic carbocycles. The molecule has 0 bridgehead atoms. The molecule has 5 heteroatoms. The molecule has 0 spiro atoms. The third-order valence-corrected chi connectivity index (χ3v) is 3.15. The molecule has 100 valence electrons. The van der Waals surface area contributed by atoms with Crippen LogP contribution in [-0.2, 0) is 0 Å². The van der Waals surface area contributed by atoms with E-state index in [-0.39, 0.29) is 0 Å². The molecular weight excluding hydrogens is 226 g/mol. The Bertz CT molecular complexity index is 349. The first-order valence-electron chi connectivity index (χ1n) is 6.91. The van der Waals surface area contributed by atoms with Crippen LogP contribution in [-0.4, -0.2) is 35.6 Å². The van der Waals surface area contributed by atoms with Gasteiger partial charge < -0.3 is 16.0 Å². The Morgan fingerprint density at radius 2 is 2.28 bits per heavy atom. The van der Waals surface area contributed by atoms with Crippen LogP contribution in [0.2, 0.25) is 0 Å². The number of unbranched alkanes of at least 4 members (excludes halogenated alkanes) is 1. The van der Waals surface area contributed by atoms with E-state index in [2.05, 4.69) is 32.8 Å². The van der Waals surface area contributed by atoms with Crippen LogP contribution >= 0.6 is 0 Å². The summed E-state index contributed by atoms with van der Waals surface area (Å²) in [5.74, 6) is 1.82. The highest BCUT2D eigenvalue weighted by atomic mass is 15.1. The Morgan fingerprint density at radius 1 is 1.39 bits per heavy atom. The number of nitrogens with zero attached hydrogens (tertiary/aromatic N) is 2. The van der Waals surface area contributed by atoms with Gasteiger partial charge in [-0.25, -0.2) is 9.97 Å². The van der Waals surface area contributed by atoms with Gasteiger partial charge >= 0.3 is 0 Å². The van der Waals surface area contributed by atoms with Gasteiger partial charge in [-0.15, -0.1) is 0 Å². The van der Waals surface area contributed by atoms with Crippen molar-refractivity contribution in [2.45, 2.75) is 38.6 Å². The molecule has 1 aliphatic heterocycles. The maximum atomic E-state index is 4.27. The van der Waals surface area contributed by atoms with Gasteiger partial charge in [-0.3, -0.25) is 0 Å². The number of hydrogen-bond donors (Lipinski definition) is 3. The summed E-state index contributed by atoms with van der Waals surface area (Å²) in [5.41, 5.74) is 0. The zero-order chi connectivity index (χ0) is 12.6. The van der Waals surface area contributed by atoms with Crippen molar-refractivity contribution >= 4 is 11.6 Å². The Hall–Kier alpha value is -1.36. The standard InChI is InChI=1S/C13H23N5/c1-2-3-7-15-12-8-13(17-10-16-12)18-11-5-4-6-14-9-11/h8,10-11,14H,2-7,9H2,1H3,(H2,15,16,17,18). The first kappa shape index (κ1) is 13.1. The van der Waals surface area contributed by atoms with Gasteiger partial charge in [-0.1, -0.05) is 13.3 Å². The highest BCUT2D eigenvalue weighted by Gasteiger charge is 2.12. The number of hydrogen-bond acceptors (Lipinski definition) is 5. The van der Waals surface area contributed by atoms with Crippen molar-refractivity contribution in [1.82, 2.24) is 15.3 Å². The second kappa shape index (κ2) is 7.16. The quantitative estimate of drug-likeness (QED) is 0.672. The maximum Gasteiger partial charge on any atom is 0.131 e. The fraction of sp³-hybridized carbons (Fsp3) is 0.692. The van der Waals surface area contributed by atoms with Gasteiger partial charge in [0.1, 0.15) is 18.0 Å². The minimum Gasteiger partial charge on any atom is -0.370 e. The van der Waals surface area contributed by atoms with Crippen LogP contribution < -0.4 is 16.0 Å². The van der Waals surface area contributed by atoms with E-state index in [0.29, 0.717) is 6.04 Å². The molecule has 0 aliphatic carbocycles. The smallest absolute Gasteiger partial charge is 0.131 e. The van der Waals surface area contributed by atoms with Crippen molar-refractivity contribution in [3.8, 4) is 0 Å². The first-order chi connectivity index (χ1) is 8.88. The van der Waals surface area contributed by atoms with Gasteiger partial charge in [0.25, 0.3) is 0 Å². The minimum absolute atomic E-state index is 0.483. The first-order valence-corrected chi connectivity index (χ1v) is 6.91. The molecule has 0 amide bonds. The fourth-order valence-corrected chi connectivity index (χ4v) is 2.11. The van der Waals surface area contributed by atoms with Crippen LogP contribution in [0.25, 0.3) is 0 Å². The highest BCUT2D eigenvalue weighted by molar-refractivity contribution is 5.46. The normalized spacial score (nSPS) is 19.5. The van der Waals surface area contributed by atoms with Crippen LogP contribution in [0.5, 0.6) is 0 Å². The monoisotopic (exact) mass is 249 g/mol. The summed E-state index contributed by atoms with van der Waals surface area (Å²) in [4.78, 5) is 8.50. The molecule has 3 N–H and O–H groups in total. The lowest BCUT2D eigenvalue weighted by molar-refractivity contribution is 0.479. The lowest BCUT2D eigenvalue weighted by Crippen LogP contribution is -2.38. The van der Waals surface area contributed by atoms with Crippen molar-refractivity contribution < 1.29 is 0 Å². The third-order valence-electron chi connectivity index (χ3n) is 3.15. The molecule has 2 rings (SSSR count). The van der Waals surface area contributed by atoms with Crippen molar-refractivity contribution in [2.24, 2.45) is 0 Å². The predicted octanol–water partition coefficient (Wildman–Crippen LogP) is 1.85. The summed E-state index contributed by atoms with van der Waals surface area (Å²) < 4.78 is 0. The van der Waals surface area contributed by atoms with E-state index < -0.39 is 0 Å². The average molecular weight is 249 g/mol. The lowest BCUT2D eigenvalue weighted by Gasteiger charge is -2.24. The van der Waals surface area contributed by atoms with E-state index in [0.717, 1.165) is 31.3 Å². The molecule has 1 saturated heterocycles. The zero-order valence-corrected chi connectivity index (χ0v) is 11.1. The SMILES string of the molecule is CCCCNc1cc(NC2CCCNC2)ncn1. The van der Waals surface area contributed by atoms with E-state index in [1.165, 1.54) is 25.7 Å². The number of rotatable bonds is 6. The molecule has 1 aliphatic rings. The number of nitrogens with one attached hydrogen (secondary N) is 3. The second-order valence-electron chi connectivity index (χ2n) is 4.76. The van der Waals surface area contributed by atoms with Crippen molar-refractivity contribution in [2.75, 3.05) is 30.3 Å². The second-order valence-corrected chi connectivity index (χ2v) is 4.76. The molecule has 5 nitrogen and oxygen atoms in total. The summed E-state index contributed by atoms with van der Waals surface area (Å²) in [6.07, 6.45) is 6.41. The predicted molar refractivity (Wildman–Crippen MR) is 74.9 cm³/mol. The fourth-order valence-electron chi connectivity index (χ4n) is 2.11. The van der Waals surface area contributed by atoms with Gasteiger partial charge in [0.15, 0.2) is 0 Å². The molecule has 1 aromatic heterocycles. The maximum absolute atomic E-state index is 4.27. The Labute approximate surface area is 109 Å². The summed E-state index contributed by atoms with van der Waals surface area (Å²) in [5, 5.41) is 10.2. The van der Waals surface area contributed by atoms with Crippen LogP contribution in [0, 0.1) is 0 Å². The summed E-state index contributed by atoms with van der Waals surface area (Å²) in [6, 6.07) is 2.47. The van der Waals surface area contributed by atoms with Gasteiger partial charge in [-0.05, 0) is 25.8 Å². The Morgan fingerprint density at radius 3 is 3.06 bits per heavy atom. The van der Waals surface area contributed by atoms with E-state index in [4.69, 9.17) is 0 Å². The van der Waals surface area contributed by atoms with Gasteiger partial charge in [-0.2, -0.15) is 0 Å². The van der Waals surface area contributed by atoms with Crippen LogP contribution in [0.4, 0.5) is 11.6 Å². The molecule has 1 unspecified atom stereocenters. The molecule has 0 saturated carbocycles. The topological polar surface area (TPSA) is 61.9 Å². The van der Waals surface area contributed by atoms with E-state index in [9.17, 15) is 0 Å². The van der Waals surface area contributed by atoms with E-state index in [1.807, 2.05) is 6.07 Å². The van der Waals surface area contributed by atoms with Crippen molar-refractivity contribution in [3.05, 3.63) is 12.4 Å². The number of aromatic nitrogens is 2. The lowest BCUT2D eigenvalue weighted by atomic mass is 10.1. The number of piperidine rings is 1.